The number of fused-ring (bicyclic) bond motifs is 1. The molecule has 3 aromatic rings. The molecule has 3 rings (SSSR count). The van der Waals surface area contributed by atoms with Gasteiger partial charge in [0.15, 0.2) is 5.58 Å². The highest BCUT2D eigenvalue weighted by molar-refractivity contribution is 5.91. The number of anilines is 1. The van der Waals surface area contributed by atoms with Crippen molar-refractivity contribution < 1.29 is 14.3 Å². The molecule has 0 spiro atoms. The Bertz CT molecular complexity index is 897. The number of oxazole rings is 1. The number of rotatable bonds is 4. The third kappa shape index (κ3) is 3.11. The number of carbonyl (C=O) groups is 1. The third-order valence-electron chi connectivity index (χ3n) is 3.91. The molecule has 0 saturated heterocycles. The lowest BCUT2D eigenvalue weighted by molar-refractivity contribution is -0.115. The summed E-state index contributed by atoms with van der Waals surface area (Å²) in [6.07, 6.45) is 0.381. The molecular weight excluding hydrogens is 304 g/mol. The standard InChI is InChI=1S/C19H20N2O3/c1-4-18(23)20-13-6-7-14(16(22)10-13)19-21-15-9-12(11(2)3)5-8-17(15)24-19/h5-11,22H,4H2,1-3H3,(H,20,23). The van der Waals surface area contributed by atoms with Crippen molar-refractivity contribution in [2.75, 3.05) is 5.32 Å². The van der Waals surface area contributed by atoms with Gasteiger partial charge in [-0.3, -0.25) is 4.79 Å². The minimum Gasteiger partial charge on any atom is -0.507 e. The van der Waals surface area contributed by atoms with Gasteiger partial charge in [-0.1, -0.05) is 26.8 Å². The summed E-state index contributed by atoms with van der Waals surface area (Å²) in [5, 5.41) is 13.0. The van der Waals surface area contributed by atoms with Crippen LogP contribution in [0.4, 0.5) is 5.69 Å². The maximum Gasteiger partial charge on any atom is 0.231 e. The maximum atomic E-state index is 11.4. The minimum atomic E-state index is -0.106. The van der Waals surface area contributed by atoms with Gasteiger partial charge in [0.2, 0.25) is 11.8 Å². The largest absolute Gasteiger partial charge is 0.507 e. The van der Waals surface area contributed by atoms with Crippen LogP contribution in [-0.4, -0.2) is 16.0 Å². The minimum absolute atomic E-state index is 0.0135. The predicted octanol–water partition coefficient (Wildman–Crippen LogP) is 4.67. The second-order valence-corrected chi connectivity index (χ2v) is 6.03. The van der Waals surface area contributed by atoms with Gasteiger partial charge in [0.05, 0.1) is 5.56 Å². The van der Waals surface area contributed by atoms with Crippen LogP contribution in [0.5, 0.6) is 5.75 Å². The molecule has 2 aromatic carbocycles. The lowest BCUT2D eigenvalue weighted by Gasteiger charge is -2.06. The number of benzene rings is 2. The Morgan fingerprint density at radius 2 is 2.04 bits per heavy atom. The molecule has 0 unspecified atom stereocenters. The van der Waals surface area contributed by atoms with Gasteiger partial charge in [0, 0.05) is 18.2 Å². The van der Waals surface area contributed by atoms with Crippen molar-refractivity contribution in [3.63, 3.8) is 0 Å². The molecular formula is C19H20N2O3. The molecule has 2 N–H and O–H groups in total. The zero-order valence-corrected chi connectivity index (χ0v) is 14.0. The number of aromatic nitrogens is 1. The molecule has 0 radical (unpaired) electrons. The molecule has 1 amide bonds. The van der Waals surface area contributed by atoms with E-state index >= 15 is 0 Å². The van der Waals surface area contributed by atoms with E-state index in [1.165, 1.54) is 11.6 Å². The van der Waals surface area contributed by atoms with Crippen molar-refractivity contribution in [3.05, 3.63) is 42.0 Å². The molecule has 24 heavy (non-hydrogen) atoms. The number of aromatic hydroxyl groups is 1. The van der Waals surface area contributed by atoms with Gasteiger partial charge >= 0.3 is 0 Å². The lowest BCUT2D eigenvalue weighted by atomic mass is 10.0. The first kappa shape index (κ1) is 16.1. The van der Waals surface area contributed by atoms with E-state index in [0.717, 1.165) is 5.52 Å². The van der Waals surface area contributed by atoms with Gasteiger partial charge in [-0.15, -0.1) is 0 Å². The molecule has 0 atom stereocenters. The normalized spacial score (nSPS) is 11.2. The average Bonchev–Trinajstić information content (AvgIpc) is 2.97. The van der Waals surface area contributed by atoms with Crippen molar-refractivity contribution in [1.29, 1.82) is 0 Å². The number of carbonyl (C=O) groups excluding carboxylic acids is 1. The number of nitrogens with one attached hydrogen (secondary N) is 1. The molecule has 0 aliphatic heterocycles. The van der Waals surface area contributed by atoms with Gasteiger partial charge in [-0.05, 0) is 35.7 Å². The number of phenols is 1. The van der Waals surface area contributed by atoms with Gasteiger partial charge in [0.25, 0.3) is 0 Å². The molecule has 124 valence electrons. The predicted molar refractivity (Wildman–Crippen MR) is 94.1 cm³/mol. The van der Waals surface area contributed by atoms with Crippen LogP contribution in [0.15, 0.2) is 40.8 Å². The van der Waals surface area contributed by atoms with E-state index in [1.54, 1.807) is 19.1 Å². The van der Waals surface area contributed by atoms with Gasteiger partial charge < -0.3 is 14.8 Å². The van der Waals surface area contributed by atoms with Crippen molar-refractivity contribution in [2.45, 2.75) is 33.1 Å². The van der Waals surface area contributed by atoms with Crippen LogP contribution in [0, 0.1) is 0 Å². The van der Waals surface area contributed by atoms with Crippen LogP contribution in [0.1, 0.15) is 38.7 Å². The molecule has 0 saturated carbocycles. The molecule has 5 heteroatoms. The SMILES string of the molecule is CCC(=O)Nc1ccc(-c2nc3cc(C(C)C)ccc3o2)c(O)c1. The lowest BCUT2D eigenvalue weighted by Crippen LogP contribution is -2.09. The Balaban J connectivity index is 1.96. The monoisotopic (exact) mass is 324 g/mol. The zero-order chi connectivity index (χ0) is 17.3. The van der Waals surface area contributed by atoms with Crippen LogP contribution in [0.3, 0.4) is 0 Å². The Hall–Kier alpha value is -2.82. The average molecular weight is 324 g/mol. The molecule has 1 aromatic heterocycles. The van der Waals surface area contributed by atoms with Gasteiger partial charge in [0.1, 0.15) is 11.3 Å². The summed E-state index contributed by atoms with van der Waals surface area (Å²) in [6, 6.07) is 10.8. The fourth-order valence-corrected chi connectivity index (χ4v) is 2.46. The van der Waals surface area contributed by atoms with Crippen LogP contribution in [0.2, 0.25) is 0 Å². The van der Waals surface area contributed by atoms with Crippen LogP contribution in [0.25, 0.3) is 22.6 Å². The molecule has 5 nitrogen and oxygen atoms in total. The third-order valence-corrected chi connectivity index (χ3v) is 3.91. The molecule has 0 fully saturated rings. The molecule has 0 aliphatic carbocycles. The van der Waals surface area contributed by atoms with Crippen molar-refractivity contribution in [2.24, 2.45) is 0 Å². The smallest absolute Gasteiger partial charge is 0.231 e. The number of hydrogen-bond acceptors (Lipinski definition) is 4. The van der Waals surface area contributed by atoms with Crippen molar-refractivity contribution in [1.82, 2.24) is 4.98 Å². The van der Waals surface area contributed by atoms with E-state index in [1.807, 2.05) is 18.2 Å². The van der Waals surface area contributed by atoms with Gasteiger partial charge in [-0.25, -0.2) is 4.98 Å². The van der Waals surface area contributed by atoms with Crippen LogP contribution >= 0.6 is 0 Å². The maximum absolute atomic E-state index is 11.4. The van der Waals surface area contributed by atoms with Crippen molar-refractivity contribution in [3.8, 4) is 17.2 Å². The van der Waals surface area contributed by atoms with E-state index in [4.69, 9.17) is 4.42 Å². The number of hydrogen-bond donors (Lipinski definition) is 2. The Kier molecular flexibility index (Phi) is 4.25. The first-order valence-corrected chi connectivity index (χ1v) is 8.01. The number of amides is 1. The van der Waals surface area contributed by atoms with E-state index < -0.39 is 0 Å². The van der Waals surface area contributed by atoms with E-state index in [-0.39, 0.29) is 11.7 Å². The Morgan fingerprint density at radius 1 is 1.25 bits per heavy atom. The number of phenolic OH excluding ortho intramolecular Hbond substituents is 1. The quantitative estimate of drug-likeness (QED) is 0.731. The summed E-state index contributed by atoms with van der Waals surface area (Å²) in [5.74, 6) is 0.672. The first-order valence-electron chi connectivity index (χ1n) is 8.01. The first-order chi connectivity index (χ1) is 11.5. The summed E-state index contributed by atoms with van der Waals surface area (Å²) < 4.78 is 5.75. The van der Waals surface area contributed by atoms with E-state index in [0.29, 0.717) is 35.1 Å². The van der Waals surface area contributed by atoms with Crippen LogP contribution in [-0.2, 0) is 4.79 Å². The van der Waals surface area contributed by atoms with Crippen LogP contribution < -0.4 is 5.32 Å². The summed E-state index contributed by atoms with van der Waals surface area (Å²) in [6.45, 7) is 6.02. The second kappa shape index (κ2) is 6.35. The molecule has 0 aliphatic rings. The fraction of sp³-hybridized carbons (Fsp3) is 0.263. The second-order valence-electron chi connectivity index (χ2n) is 6.03. The van der Waals surface area contributed by atoms with E-state index in [2.05, 4.69) is 24.1 Å². The Morgan fingerprint density at radius 3 is 2.71 bits per heavy atom. The highest BCUT2D eigenvalue weighted by Crippen LogP contribution is 2.33. The highest BCUT2D eigenvalue weighted by Gasteiger charge is 2.14. The fourth-order valence-electron chi connectivity index (χ4n) is 2.46. The molecule has 1 heterocycles. The topological polar surface area (TPSA) is 75.4 Å². The summed E-state index contributed by atoms with van der Waals surface area (Å²) in [5.41, 5.74) is 3.66. The summed E-state index contributed by atoms with van der Waals surface area (Å²) in [7, 11) is 0. The Labute approximate surface area is 140 Å². The zero-order valence-electron chi connectivity index (χ0n) is 14.0. The highest BCUT2D eigenvalue weighted by atomic mass is 16.3. The summed E-state index contributed by atoms with van der Waals surface area (Å²) >= 11 is 0. The molecule has 0 bridgehead atoms. The van der Waals surface area contributed by atoms with E-state index in [9.17, 15) is 9.90 Å². The van der Waals surface area contributed by atoms with Crippen molar-refractivity contribution >= 4 is 22.7 Å². The summed E-state index contributed by atoms with van der Waals surface area (Å²) in [4.78, 5) is 15.9. The van der Waals surface area contributed by atoms with Gasteiger partial charge in [-0.2, -0.15) is 0 Å². The number of nitrogens with zero attached hydrogens (tertiary/aromatic N) is 1.